The Morgan fingerprint density at radius 1 is 1.36 bits per heavy atom. The Bertz CT molecular complexity index is 564. The molecule has 1 saturated heterocycles. The van der Waals surface area contributed by atoms with Gasteiger partial charge < -0.3 is 14.7 Å². The van der Waals surface area contributed by atoms with Crippen molar-refractivity contribution in [3.05, 3.63) is 35.9 Å². The smallest absolute Gasteiger partial charge is 0.317 e. The van der Waals surface area contributed by atoms with E-state index in [0.717, 1.165) is 18.4 Å². The van der Waals surface area contributed by atoms with Crippen LogP contribution in [0.15, 0.2) is 30.3 Å². The predicted molar refractivity (Wildman–Crippen MR) is 95.5 cm³/mol. The molecule has 25 heavy (non-hydrogen) atoms. The van der Waals surface area contributed by atoms with Crippen LogP contribution in [0.1, 0.15) is 31.2 Å². The summed E-state index contributed by atoms with van der Waals surface area (Å²) in [6.07, 6.45) is 1.62. The molecule has 1 aromatic carbocycles. The zero-order valence-corrected chi connectivity index (χ0v) is 15.1. The first-order valence-electron chi connectivity index (χ1n) is 8.87. The van der Waals surface area contributed by atoms with Crippen LogP contribution in [0.2, 0.25) is 0 Å². The van der Waals surface area contributed by atoms with Gasteiger partial charge in [-0.05, 0) is 19.0 Å². The molecule has 6 nitrogen and oxygen atoms in total. The van der Waals surface area contributed by atoms with Crippen molar-refractivity contribution in [2.75, 3.05) is 39.8 Å². The lowest BCUT2D eigenvalue weighted by atomic mass is 9.93. The minimum atomic E-state index is -0.863. The van der Waals surface area contributed by atoms with Crippen molar-refractivity contribution in [1.82, 2.24) is 9.80 Å². The number of amides is 1. The Hall–Kier alpha value is -1.92. The zero-order chi connectivity index (χ0) is 18.2. The van der Waals surface area contributed by atoms with E-state index >= 15 is 0 Å². The maximum Gasteiger partial charge on any atom is 0.317 e. The first kappa shape index (κ1) is 19.4. The van der Waals surface area contributed by atoms with Gasteiger partial charge in [0.1, 0.15) is 0 Å². The van der Waals surface area contributed by atoms with Gasteiger partial charge in [-0.2, -0.15) is 0 Å². The molecule has 0 radical (unpaired) electrons. The SMILES string of the molecule is CCCC(C(=O)N1CCOC(CN(C)CC(=O)O)C1)c1ccccc1. The summed E-state index contributed by atoms with van der Waals surface area (Å²) in [7, 11) is 1.75. The second-order valence-electron chi connectivity index (χ2n) is 6.62. The molecular weight excluding hydrogens is 320 g/mol. The van der Waals surface area contributed by atoms with Gasteiger partial charge >= 0.3 is 5.97 Å². The first-order chi connectivity index (χ1) is 12.0. The van der Waals surface area contributed by atoms with Crippen LogP contribution in [0.3, 0.4) is 0 Å². The fourth-order valence-electron chi connectivity index (χ4n) is 3.30. The van der Waals surface area contributed by atoms with Gasteiger partial charge in [-0.1, -0.05) is 43.7 Å². The van der Waals surface area contributed by atoms with Gasteiger partial charge in [0.15, 0.2) is 0 Å². The summed E-state index contributed by atoms with van der Waals surface area (Å²) in [5.41, 5.74) is 1.06. The summed E-state index contributed by atoms with van der Waals surface area (Å²) < 4.78 is 5.73. The number of carbonyl (C=O) groups is 2. The standard InChI is InChI=1S/C19H28N2O4/c1-3-7-17(15-8-5-4-6-9-15)19(24)21-10-11-25-16(13-21)12-20(2)14-18(22)23/h4-6,8-9,16-17H,3,7,10-14H2,1-2H3,(H,22,23). The number of carbonyl (C=O) groups excluding carboxylic acids is 1. The van der Waals surface area contributed by atoms with Gasteiger partial charge in [0.25, 0.3) is 0 Å². The summed E-state index contributed by atoms with van der Waals surface area (Å²) in [5, 5.41) is 8.86. The van der Waals surface area contributed by atoms with E-state index in [0.29, 0.717) is 26.2 Å². The van der Waals surface area contributed by atoms with Gasteiger partial charge in [0.2, 0.25) is 5.91 Å². The third-order valence-electron chi connectivity index (χ3n) is 4.45. The van der Waals surface area contributed by atoms with Gasteiger partial charge in [-0.15, -0.1) is 0 Å². The highest BCUT2D eigenvalue weighted by Crippen LogP contribution is 2.25. The van der Waals surface area contributed by atoms with E-state index in [1.54, 1.807) is 11.9 Å². The van der Waals surface area contributed by atoms with E-state index in [9.17, 15) is 9.59 Å². The molecule has 0 bridgehead atoms. The molecule has 2 atom stereocenters. The lowest BCUT2D eigenvalue weighted by molar-refractivity contribution is -0.143. The second kappa shape index (κ2) is 9.53. The molecule has 1 aliphatic heterocycles. The maximum atomic E-state index is 13.1. The normalized spacial score (nSPS) is 19.0. The fraction of sp³-hybridized carbons (Fsp3) is 0.579. The van der Waals surface area contributed by atoms with E-state index in [2.05, 4.69) is 6.92 Å². The van der Waals surface area contributed by atoms with Crippen molar-refractivity contribution >= 4 is 11.9 Å². The number of ether oxygens (including phenoxy) is 1. The number of morpholine rings is 1. The summed E-state index contributed by atoms with van der Waals surface area (Å²) >= 11 is 0. The molecule has 1 amide bonds. The maximum absolute atomic E-state index is 13.1. The monoisotopic (exact) mass is 348 g/mol. The minimum Gasteiger partial charge on any atom is -0.480 e. The number of carboxylic acid groups (broad SMARTS) is 1. The molecule has 138 valence electrons. The summed E-state index contributed by atoms with van der Waals surface area (Å²) in [6, 6.07) is 9.91. The van der Waals surface area contributed by atoms with Crippen molar-refractivity contribution in [3.63, 3.8) is 0 Å². The van der Waals surface area contributed by atoms with Gasteiger partial charge in [0, 0.05) is 19.6 Å². The van der Waals surface area contributed by atoms with E-state index in [4.69, 9.17) is 9.84 Å². The molecule has 0 aromatic heterocycles. The molecule has 1 aromatic rings. The third-order valence-corrected chi connectivity index (χ3v) is 4.45. The van der Waals surface area contributed by atoms with Crippen molar-refractivity contribution in [2.24, 2.45) is 0 Å². The van der Waals surface area contributed by atoms with Crippen LogP contribution in [0.25, 0.3) is 0 Å². The molecule has 0 aliphatic carbocycles. The molecular formula is C19H28N2O4. The molecule has 1 aliphatic rings. The van der Waals surface area contributed by atoms with Gasteiger partial charge in [-0.3, -0.25) is 14.5 Å². The van der Waals surface area contributed by atoms with Crippen molar-refractivity contribution in [3.8, 4) is 0 Å². The molecule has 1 N–H and O–H groups in total. The van der Waals surface area contributed by atoms with E-state index in [1.807, 2.05) is 35.2 Å². The number of carboxylic acids is 1. The van der Waals surface area contributed by atoms with E-state index in [1.165, 1.54) is 0 Å². The van der Waals surface area contributed by atoms with Crippen molar-refractivity contribution in [1.29, 1.82) is 0 Å². The Morgan fingerprint density at radius 3 is 2.72 bits per heavy atom. The first-order valence-corrected chi connectivity index (χ1v) is 8.87. The van der Waals surface area contributed by atoms with Crippen LogP contribution in [-0.4, -0.2) is 72.7 Å². The molecule has 6 heteroatoms. The highest BCUT2D eigenvalue weighted by Gasteiger charge is 2.30. The van der Waals surface area contributed by atoms with Gasteiger partial charge in [0.05, 0.1) is 25.2 Å². The predicted octanol–water partition coefficient (Wildman–Crippen LogP) is 1.81. The number of likely N-dealkylation sites (N-methyl/N-ethyl adjacent to an activating group) is 1. The molecule has 0 spiro atoms. The lowest BCUT2D eigenvalue weighted by Crippen LogP contribution is -2.50. The topological polar surface area (TPSA) is 70.1 Å². The third kappa shape index (κ3) is 5.83. The molecule has 1 fully saturated rings. The Balaban J connectivity index is 2.00. The average Bonchev–Trinajstić information content (AvgIpc) is 2.59. The number of nitrogens with zero attached hydrogens (tertiary/aromatic N) is 2. The summed E-state index contributed by atoms with van der Waals surface area (Å²) in [4.78, 5) is 27.4. The molecule has 0 saturated carbocycles. The minimum absolute atomic E-state index is 0.0315. The van der Waals surface area contributed by atoms with Gasteiger partial charge in [-0.25, -0.2) is 0 Å². The van der Waals surface area contributed by atoms with Crippen molar-refractivity contribution in [2.45, 2.75) is 31.8 Å². The van der Waals surface area contributed by atoms with Crippen LogP contribution in [0.4, 0.5) is 0 Å². The second-order valence-corrected chi connectivity index (χ2v) is 6.62. The lowest BCUT2D eigenvalue weighted by Gasteiger charge is -2.36. The Labute approximate surface area is 149 Å². The van der Waals surface area contributed by atoms with Crippen LogP contribution >= 0.6 is 0 Å². The molecule has 1 heterocycles. The number of hydrogen-bond acceptors (Lipinski definition) is 4. The van der Waals surface area contributed by atoms with E-state index < -0.39 is 5.97 Å². The Kier molecular flexibility index (Phi) is 7.40. The molecule has 2 rings (SSSR count). The zero-order valence-electron chi connectivity index (χ0n) is 15.1. The highest BCUT2D eigenvalue weighted by atomic mass is 16.5. The summed E-state index contributed by atoms with van der Waals surface area (Å²) in [6.45, 7) is 4.15. The van der Waals surface area contributed by atoms with Crippen LogP contribution in [0, 0.1) is 0 Å². The molecule has 2 unspecified atom stereocenters. The Morgan fingerprint density at radius 2 is 2.08 bits per heavy atom. The number of hydrogen-bond donors (Lipinski definition) is 1. The number of aliphatic carboxylic acids is 1. The quantitative estimate of drug-likeness (QED) is 0.776. The largest absolute Gasteiger partial charge is 0.480 e. The van der Waals surface area contributed by atoms with Crippen LogP contribution < -0.4 is 0 Å². The van der Waals surface area contributed by atoms with Crippen LogP contribution in [-0.2, 0) is 14.3 Å². The average molecular weight is 348 g/mol. The van der Waals surface area contributed by atoms with Crippen molar-refractivity contribution < 1.29 is 19.4 Å². The van der Waals surface area contributed by atoms with Crippen LogP contribution in [0.5, 0.6) is 0 Å². The summed E-state index contributed by atoms with van der Waals surface area (Å²) in [5.74, 6) is -0.845. The fourth-order valence-corrected chi connectivity index (χ4v) is 3.30. The number of rotatable bonds is 8. The highest BCUT2D eigenvalue weighted by molar-refractivity contribution is 5.83. The number of benzene rings is 1. The van der Waals surface area contributed by atoms with E-state index in [-0.39, 0.29) is 24.5 Å².